The molecule has 1 aliphatic rings. The number of fused-ring (bicyclic) bond motifs is 1. The summed E-state index contributed by atoms with van der Waals surface area (Å²) in [6, 6.07) is 2.09. The van der Waals surface area contributed by atoms with Crippen molar-refractivity contribution in [3.63, 3.8) is 0 Å². The van der Waals surface area contributed by atoms with Gasteiger partial charge in [0.15, 0.2) is 9.84 Å². The van der Waals surface area contributed by atoms with E-state index in [0.717, 1.165) is 18.4 Å². The minimum Gasteiger partial charge on any atom is -0.390 e. The van der Waals surface area contributed by atoms with Gasteiger partial charge in [0.2, 0.25) is 0 Å². The van der Waals surface area contributed by atoms with Crippen molar-refractivity contribution in [1.29, 1.82) is 0 Å². The molecule has 0 radical (unpaired) electrons. The monoisotopic (exact) mass is 292 g/mol. The van der Waals surface area contributed by atoms with Crippen LogP contribution in [0.1, 0.15) is 29.2 Å². The fourth-order valence-corrected chi connectivity index (χ4v) is 3.43. The van der Waals surface area contributed by atoms with E-state index in [-0.39, 0.29) is 28.9 Å². The van der Waals surface area contributed by atoms with E-state index < -0.39 is 34.0 Å². The van der Waals surface area contributed by atoms with Crippen molar-refractivity contribution >= 4 is 9.84 Å². The normalized spacial score (nSPS) is 19.5. The lowest BCUT2D eigenvalue weighted by Gasteiger charge is -2.19. The summed E-state index contributed by atoms with van der Waals surface area (Å²) in [6.45, 7) is -1.35. The average Bonchev–Trinajstić information content (AvgIpc) is 2.69. The zero-order valence-corrected chi connectivity index (χ0v) is 11.0. The highest BCUT2D eigenvalue weighted by Gasteiger charge is 2.38. The Hall–Kier alpha value is -1.05. The van der Waals surface area contributed by atoms with E-state index >= 15 is 0 Å². The lowest BCUT2D eigenvalue weighted by atomic mass is 9.98. The van der Waals surface area contributed by atoms with Gasteiger partial charge in [-0.15, -0.1) is 0 Å². The molecule has 0 heterocycles. The number of alkyl halides is 2. The van der Waals surface area contributed by atoms with Gasteiger partial charge in [-0.3, -0.25) is 0 Å². The second kappa shape index (κ2) is 4.50. The molecule has 2 N–H and O–H groups in total. The van der Waals surface area contributed by atoms with Crippen LogP contribution in [0.5, 0.6) is 0 Å². The van der Waals surface area contributed by atoms with Gasteiger partial charge in [-0.2, -0.15) is 8.78 Å². The number of hydrogen-bond donors (Lipinski definition) is 2. The minimum absolute atomic E-state index is 0.0492. The van der Waals surface area contributed by atoms with Gasteiger partial charge in [0.25, 0.3) is 5.92 Å². The van der Waals surface area contributed by atoms with Crippen molar-refractivity contribution in [2.24, 2.45) is 0 Å². The van der Waals surface area contributed by atoms with Gasteiger partial charge in [0.05, 0.1) is 11.0 Å². The highest BCUT2D eigenvalue weighted by atomic mass is 32.2. The van der Waals surface area contributed by atoms with Gasteiger partial charge in [0, 0.05) is 17.4 Å². The molecule has 0 unspecified atom stereocenters. The van der Waals surface area contributed by atoms with Crippen LogP contribution in [0.4, 0.5) is 8.78 Å². The zero-order valence-electron chi connectivity index (χ0n) is 10.2. The van der Waals surface area contributed by atoms with Crippen molar-refractivity contribution in [2.75, 3.05) is 12.9 Å². The molecule has 1 aliphatic carbocycles. The Labute approximate surface area is 109 Å². The first-order chi connectivity index (χ1) is 8.68. The number of hydrogen-bond acceptors (Lipinski definition) is 4. The first kappa shape index (κ1) is 14.4. The molecule has 0 amide bonds. The summed E-state index contributed by atoms with van der Waals surface area (Å²) < 4.78 is 50.5. The van der Waals surface area contributed by atoms with Gasteiger partial charge >= 0.3 is 0 Å². The molecule has 1 aromatic rings. The Morgan fingerprint density at radius 1 is 1.42 bits per heavy atom. The second-order valence-corrected chi connectivity index (χ2v) is 6.68. The van der Waals surface area contributed by atoms with Crippen LogP contribution in [-0.2, 0) is 22.2 Å². The molecule has 0 bridgehead atoms. The molecule has 106 valence electrons. The first-order valence-electron chi connectivity index (χ1n) is 5.71. The Kier molecular flexibility index (Phi) is 3.40. The van der Waals surface area contributed by atoms with E-state index in [1.54, 1.807) is 0 Å². The molecule has 0 saturated heterocycles. The number of sulfone groups is 1. The van der Waals surface area contributed by atoms with Crippen molar-refractivity contribution in [3.05, 3.63) is 28.8 Å². The van der Waals surface area contributed by atoms with Crippen molar-refractivity contribution in [2.45, 2.75) is 29.8 Å². The van der Waals surface area contributed by atoms with Crippen LogP contribution in [0, 0.1) is 0 Å². The summed E-state index contributed by atoms with van der Waals surface area (Å²) in [6.07, 6.45) is 0.285. The average molecular weight is 292 g/mol. The number of aliphatic hydroxyl groups excluding tert-OH is 2. The quantitative estimate of drug-likeness (QED) is 0.876. The Morgan fingerprint density at radius 3 is 2.58 bits per heavy atom. The maximum absolute atomic E-state index is 13.6. The van der Waals surface area contributed by atoms with Gasteiger partial charge in [0.1, 0.15) is 6.61 Å². The van der Waals surface area contributed by atoms with E-state index in [4.69, 9.17) is 5.11 Å². The molecule has 0 aromatic heterocycles. The summed E-state index contributed by atoms with van der Waals surface area (Å²) in [5.74, 6) is -3.44. The van der Waals surface area contributed by atoms with E-state index in [2.05, 4.69) is 0 Å². The van der Waals surface area contributed by atoms with Gasteiger partial charge in [-0.25, -0.2) is 8.42 Å². The Bertz CT molecular complexity index is 610. The van der Waals surface area contributed by atoms with Crippen molar-refractivity contribution in [1.82, 2.24) is 0 Å². The smallest absolute Gasteiger partial charge is 0.296 e. The maximum Gasteiger partial charge on any atom is 0.296 e. The molecule has 1 atom stereocenters. The molecule has 7 heteroatoms. The third kappa shape index (κ3) is 2.37. The lowest BCUT2D eigenvalue weighted by Crippen LogP contribution is -2.21. The Balaban J connectivity index is 2.73. The van der Waals surface area contributed by atoms with Gasteiger partial charge < -0.3 is 10.2 Å². The minimum atomic E-state index is -3.60. The van der Waals surface area contributed by atoms with Crippen LogP contribution in [0.3, 0.4) is 0 Å². The SMILES string of the molecule is CS(=O)(=O)c1ccc(C(F)(F)CO)c2c1[C@H](O)CC2. The molecule has 19 heavy (non-hydrogen) atoms. The number of rotatable bonds is 3. The second-order valence-electron chi connectivity index (χ2n) is 4.69. The van der Waals surface area contributed by atoms with E-state index in [1.165, 1.54) is 0 Å². The van der Waals surface area contributed by atoms with Crippen LogP contribution in [-0.4, -0.2) is 31.5 Å². The third-order valence-corrected chi connectivity index (χ3v) is 4.47. The molecule has 4 nitrogen and oxygen atoms in total. The number of benzene rings is 1. The van der Waals surface area contributed by atoms with Gasteiger partial charge in [-0.1, -0.05) is 6.07 Å². The molecule has 0 aliphatic heterocycles. The molecule has 2 rings (SSSR count). The fraction of sp³-hybridized carbons (Fsp3) is 0.500. The topological polar surface area (TPSA) is 74.6 Å². The van der Waals surface area contributed by atoms with Crippen molar-refractivity contribution in [3.8, 4) is 0 Å². The molecule has 0 fully saturated rings. The third-order valence-electron chi connectivity index (χ3n) is 3.31. The fourth-order valence-electron chi connectivity index (χ4n) is 2.45. The highest BCUT2D eigenvalue weighted by molar-refractivity contribution is 7.90. The molecular formula is C12H14F2O4S. The van der Waals surface area contributed by atoms with Gasteiger partial charge in [-0.05, 0) is 24.5 Å². The van der Waals surface area contributed by atoms with Crippen LogP contribution < -0.4 is 0 Å². The summed E-state index contributed by atoms with van der Waals surface area (Å²) in [5.41, 5.74) is -0.225. The van der Waals surface area contributed by atoms with E-state index in [9.17, 15) is 22.3 Å². The van der Waals surface area contributed by atoms with Crippen LogP contribution in [0.15, 0.2) is 17.0 Å². The highest BCUT2D eigenvalue weighted by Crippen LogP contribution is 2.42. The lowest BCUT2D eigenvalue weighted by molar-refractivity contribution is -0.0563. The van der Waals surface area contributed by atoms with E-state index in [1.807, 2.05) is 0 Å². The predicted octanol–water partition coefficient (Wildman–Crippen LogP) is 1.15. The first-order valence-corrected chi connectivity index (χ1v) is 7.60. The largest absolute Gasteiger partial charge is 0.390 e. The van der Waals surface area contributed by atoms with E-state index in [0.29, 0.717) is 0 Å². The summed E-state index contributed by atoms with van der Waals surface area (Å²) in [7, 11) is -3.60. The molecular weight excluding hydrogens is 278 g/mol. The molecule has 0 saturated carbocycles. The summed E-state index contributed by atoms with van der Waals surface area (Å²) >= 11 is 0. The predicted molar refractivity (Wildman–Crippen MR) is 63.8 cm³/mol. The van der Waals surface area contributed by atoms with Crippen LogP contribution in [0.2, 0.25) is 0 Å². The molecule has 0 spiro atoms. The van der Waals surface area contributed by atoms with Crippen molar-refractivity contribution < 1.29 is 27.4 Å². The number of aliphatic hydroxyl groups is 2. The standard InChI is InChI=1S/C12H14F2O4S/c1-19(17,18)10-5-3-8(12(13,14)6-15)7-2-4-9(16)11(7)10/h3,5,9,15-16H,2,4,6H2,1H3/t9-/m1/s1. The maximum atomic E-state index is 13.6. The summed E-state index contributed by atoms with van der Waals surface area (Å²) in [4.78, 5) is -0.120. The van der Waals surface area contributed by atoms with Crippen LogP contribution >= 0.6 is 0 Å². The zero-order chi connectivity index (χ0) is 14.4. The number of halogens is 2. The van der Waals surface area contributed by atoms with Crippen LogP contribution in [0.25, 0.3) is 0 Å². The summed E-state index contributed by atoms with van der Waals surface area (Å²) in [5, 5.41) is 18.6. The molecule has 1 aromatic carbocycles. The Morgan fingerprint density at radius 2 is 2.05 bits per heavy atom.